The number of hydrogen-bond acceptors (Lipinski definition) is 13. The number of alkyl halides is 6. The fraction of sp³-hybridized carbons (Fsp3) is 0.467. The third-order valence-corrected chi connectivity index (χ3v) is 9.93. The van der Waals surface area contributed by atoms with E-state index in [1.807, 2.05) is 0 Å². The molecule has 14 nitrogen and oxygen atoms in total. The number of aromatic nitrogens is 6. The zero-order valence-corrected chi connectivity index (χ0v) is 26.6. The molecule has 6 rings (SSSR count). The van der Waals surface area contributed by atoms with Gasteiger partial charge in [0.15, 0.2) is 0 Å². The Hall–Kier alpha value is -3.67. The molecule has 10 atom stereocenters. The molecule has 4 heterocycles. The van der Waals surface area contributed by atoms with Gasteiger partial charge in [0.25, 0.3) is 0 Å². The van der Waals surface area contributed by atoms with Crippen molar-refractivity contribution in [2.24, 2.45) is 0 Å². The maximum Gasteiger partial charge on any atom is 0.417 e. The Morgan fingerprint density at radius 1 is 0.608 bits per heavy atom. The molecule has 0 spiro atoms. The van der Waals surface area contributed by atoms with Gasteiger partial charge < -0.3 is 40.1 Å². The number of halogens is 6. The molecule has 276 valence electrons. The molecule has 21 heteroatoms. The van der Waals surface area contributed by atoms with Crippen LogP contribution in [0.25, 0.3) is 22.5 Å². The molecule has 2 fully saturated rings. The summed E-state index contributed by atoms with van der Waals surface area (Å²) in [6.45, 7) is -1.59. The van der Waals surface area contributed by atoms with Crippen molar-refractivity contribution >= 4 is 11.8 Å². The monoisotopic (exact) mass is 748 g/mol. The highest BCUT2D eigenvalue weighted by molar-refractivity contribution is 8.00. The zero-order chi connectivity index (χ0) is 36.8. The molecule has 0 aliphatic carbocycles. The van der Waals surface area contributed by atoms with Crippen LogP contribution >= 0.6 is 11.8 Å². The second-order valence-corrected chi connectivity index (χ2v) is 13.0. The largest absolute Gasteiger partial charge is 0.417 e. The van der Waals surface area contributed by atoms with Crippen molar-refractivity contribution in [3.05, 3.63) is 72.1 Å². The van der Waals surface area contributed by atoms with Gasteiger partial charge in [-0.05, 0) is 12.1 Å². The number of benzene rings is 2. The van der Waals surface area contributed by atoms with E-state index in [9.17, 15) is 57.0 Å². The lowest BCUT2D eigenvalue weighted by atomic mass is 9.97. The molecule has 2 aromatic heterocycles. The van der Waals surface area contributed by atoms with E-state index in [1.54, 1.807) is 0 Å². The van der Waals surface area contributed by atoms with Crippen molar-refractivity contribution in [3.63, 3.8) is 0 Å². The number of aliphatic hydroxyl groups is 6. The fourth-order valence-corrected chi connectivity index (χ4v) is 7.44. The summed E-state index contributed by atoms with van der Waals surface area (Å²) in [5, 5.41) is 80.1. The van der Waals surface area contributed by atoms with Crippen LogP contribution in [0.1, 0.15) is 23.2 Å². The van der Waals surface area contributed by atoms with Crippen LogP contribution < -0.4 is 0 Å². The number of nitrogens with zero attached hydrogens (tertiary/aromatic N) is 6. The molecule has 0 radical (unpaired) electrons. The minimum atomic E-state index is -4.73. The molecular formula is C30H30F6N6O8S. The summed E-state index contributed by atoms with van der Waals surface area (Å²) < 4.78 is 95.3. The Kier molecular flexibility index (Phi) is 10.5. The zero-order valence-electron chi connectivity index (χ0n) is 25.8. The molecule has 6 N–H and O–H groups in total. The number of rotatable bonds is 8. The summed E-state index contributed by atoms with van der Waals surface area (Å²) in [6, 6.07) is 6.21. The van der Waals surface area contributed by atoms with E-state index < -0.39 is 96.3 Å². The van der Waals surface area contributed by atoms with Gasteiger partial charge in [0.1, 0.15) is 71.0 Å². The Morgan fingerprint density at radius 2 is 0.980 bits per heavy atom. The lowest BCUT2D eigenvalue weighted by Gasteiger charge is -2.46. The van der Waals surface area contributed by atoms with E-state index in [1.165, 1.54) is 36.4 Å². The van der Waals surface area contributed by atoms with Crippen molar-refractivity contribution in [2.45, 2.75) is 71.9 Å². The summed E-state index contributed by atoms with van der Waals surface area (Å²) in [6.07, 6.45) is -16.9. The first-order valence-electron chi connectivity index (χ1n) is 15.2. The molecule has 2 aliphatic rings. The summed E-state index contributed by atoms with van der Waals surface area (Å²) in [5.41, 5.74) is -6.04. The van der Waals surface area contributed by atoms with Gasteiger partial charge in [-0.25, -0.2) is 9.36 Å². The van der Waals surface area contributed by atoms with Crippen LogP contribution in [0.2, 0.25) is 0 Å². The minimum absolute atomic E-state index is 0.239. The lowest BCUT2D eigenvalue weighted by Crippen LogP contribution is -2.58. The predicted octanol–water partition coefficient (Wildman–Crippen LogP) is 1.63. The predicted molar refractivity (Wildman–Crippen MR) is 162 cm³/mol. The van der Waals surface area contributed by atoms with Gasteiger partial charge in [-0.1, -0.05) is 58.6 Å². The molecule has 4 aromatic rings. The SMILES string of the molecule is OC[C@H]1O[C@@H](S[C@@H]2O[C@H](CO)[C@H](O)[C@H](n3cc(-c4ccccc4C(F)(F)F)nn3)[C@H]2O)[C@H](O)[C@@H](n2cc(-c3ccccc3C(F)(F)F)nn2)[C@H]1O. The number of thioether (sulfide) groups is 1. The number of hydrogen-bond donors (Lipinski definition) is 6. The molecule has 2 saturated heterocycles. The minimum Gasteiger partial charge on any atom is -0.394 e. The second-order valence-electron chi connectivity index (χ2n) is 11.8. The van der Waals surface area contributed by atoms with E-state index in [0.29, 0.717) is 11.8 Å². The lowest BCUT2D eigenvalue weighted by molar-refractivity contribution is -0.189. The summed E-state index contributed by atoms with van der Waals surface area (Å²) >= 11 is 0.605. The van der Waals surface area contributed by atoms with Crippen LogP contribution in [0.15, 0.2) is 60.9 Å². The Morgan fingerprint density at radius 3 is 1.33 bits per heavy atom. The maximum absolute atomic E-state index is 13.7. The average molecular weight is 749 g/mol. The standard InChI is InChI=1S/C30H30F6N6O8S/c31-29(32,33)15-7-3-1-5-13(15)17-9-41(39-37-17)21-23(45)19(11-43)49-27(25(21)47)51-28-26(48)22(24(46)20(12-44)50-28)42-10-18(38-40-42)14-6-2-4-8-16(14)30(34,35)36/h1-10,19-28,43-48H,11-12H2/t19-,20-,21+,22+,23+,24+,25-,26-,27+,28+/m1/s1. The average Bonchev–Trinajstić information content (AvgIpc) is 3.77. The second kappa shape index (κ2) is 14.4. The van der Waals surface area contributed by atoms with E-state index >= 15 is 0 Å². The third kappa shape index (κ3) is 7.22. The van der Waals surface area contributed by atoms with Crippen LogP contribution in [-0.2, 0) is 21.8 Å². The Balaban J connectivity index is 1.27. The van der Waals surface area contributed by atoms with Gasteiger partial charge in [-0.2, -0.15) is 26.3 Å². The van der Waals surface area contributed by atoms with Crippen LogP contribution in [0, 0.1) is 0 Å². The highest BCUT2D eigenvalue weighted by Crippen LogP contribution is 2.43. The molecule has 0 bridgehead atoms. The van der Waals surface area contributed by atoms with Crippen LogP contribution in [0.3, 0.4) is 0 Å². The summed E-state index contributed by atoms with van der Waals surface area (Å²) in [4.78, 5) is 0. The van der Waals surface area contributed by atoms with Crippen LogP contribution in [-0.4, -0.2) is 121 Å². The highest BCUT2D eigenvalue weighted by Gasteiger charge is 2.52. The van der Waals surface area contributed by atoms with Gasteiger partial charge in [0.2, 0.25) is 0 Å². The molecule has 2 aliphatic heterocycles. The van der Waals surface area contributed by atoms with E-state index in [0.717, 1.165) is 33.9 Å². The van der Waals surface area contributed by atoms with E-state index in [-0.39, 0.29) is 22.5 Å². The summed E-state index contributed by atoms with van der Waals surface area (Å²) in [5.74, 6) is 0. The van der Waals surface area contributed by atoms with E-state index in [4.69, 9.17) is 9.47 Å². The first kappa shape index (κ1) is 37.1. The third-order valence-electron chi connectivity index (χ3n) is 8.61. The normalized spacial score (nSPS) is 30.4. The van der Waals surface area contributed by atoms with Crippen molar-refractivity contribution < 1.29 is 66.5 Å². The quantitative estimate of drug-likeness (QED) is 0.142. The van der Waals surface area contributed by atoms with Crippen LogP contribution in [0.5, 0.6) is 0 Å². The summed E-state index contributed by atoms with van der Waals surface area (Å²) in [7, 11) is 0. The molecule has 2 aromatic carbocycles. The van der Waals surface area contributed by atoms with E-state index in [2.05, 4.69) is 20.6 Å². The number of aliphatic hydroxyl groups excluding tert-OH is 6. The Bertz CT molecular complexity index is 1680. The molecule has 0 unspecified atom stereocenters. The van der Waals surface area contributed by atoms with Crippen LogP contribution in [0.4, 0.5) is 26.3 Å². The fourth-order valence-electron chi connectivity index (χ4n) is 6.12. The molecular weight excluding hydrogens is 718 g/mol. The van der Waals surface area contributed by atoms with Gasteiger partial charge >= 0.3 is 12.4 Å². The smallest absolute Gasteiger partial charge is 0.394 e. The van der Waals surface area contributed by atoms with Crippen molar-refractivity contribution in [1.29, 1.82) is 0 Å². The molecule has 0 saturated carbocycles. The van der Waals surface area contributed by atoms with Crippen molar-refractivity contribution in [2.75, 3.05) is 13.2 Å². The van der Waals surface area contributed by atoms with Crippen molar-refractivity contribution in [3.8, 4) is 22.5 Å². The Labute approximate surface area is 287 Å². The first-order chi connectivity index (χ1) is 24.1. The molecule has 51 heavy (non-hydrogen) atoms. The molecule has 0 amide bonds. The number of ether oxygens (including phenoxy) is 2. The van der Waals surface area contributed by atoms with Crippen molar-refractivity contribution in [1.82, 2.24) is 30.0 Å². The van der Waals surface area contributed by atoms with Gasteiger partial charge in [0, 0.05) is 11.1 Å². The highest BCUT2D eigenvalue weighted by atomic mass is 32.2. The maximum atomic E-state index is 13.7. The topological polar surface area (TPSA) is 201 Å². The van der Waals surface area contributed by atoms with Gasteiger partial charge in [0.05, 0.1) is 36.7 Å². The first-order valence-corrected chi connectivity index (χ1v) is 16.2. The van der Waals surface area contributed by atoms with Gasteiger partial charge in [-0.3, -0.25) is 0 Å². The van der Waals surface area contributed by atoms with Gasteiger partial charge in [-0.15, -0.1) is 10.2 Å².